The summed E-state index contributed by atoms with van der Waals surface area (Å²) in [6.45, 7) is 0. The largest absolute Gasteiger partial charge is 0.208 e. The van der Waals surface area contributed by atoms with Gasteiger partial charge in [0.1, 0.15) is 0 Å². The maximum atomic E-state index is 5.03. The third-order valence-corrected chi connectivity index (χ3v) is 8.46. The van der Waals surface area contributed by atoms with Crippen molar-refractivity contribution in [1.29, 1.82) is 0 Å². The minimum atomic E-state index is 0.667. The Morgan fingerprint density at radius 1 is 0.286 bits per heavy atom. The molecule has 0 spiro atoms. The molecule has 9 rings (SSSR count). The number of hydrogen-bond acceptors (Lipinski definition) is 3. The maximum Gasteiger partial charge on any atom is 0.164 e. The van der Waals surface area contributed by atoms with Crippen LogP contribution >= 0.6 is 0 Å². The van der Waals surface area contributed by atoms with Gasteiger partial charge in [-0.3, -0.25) is 0 Å². The molecular formula is C39H23N3. The van der Waals surface area contributed by atoms with Gasteiger partial charge in [-0.25, -0.2) is 15.0 Å². The molecule has 1 heterocycles. The second-order valence-electron chi connectivity index (χ2n) is 10.8. The lowest BCUT2D eigenvalue weighted by atomic mass is 9.92. The van der Waals surface area contributed by atoms with E-state index in [9.17, 15) is 0 Å². The van der Waals surface area contributed by atoms with Crippen molar-refractivity contribution >= 4 is 32.3 Å². The first-order valence-electron chi connectivity index (χ1n) is 14.2. The zero-order valence-corrected chi connectivity index (χ0v) is 22.6. The fraction of sp³-hybridized carbons (Fsp3) is 0. The summed E-state index contributed by atoms with van der Waals surface area (Å²) in [5.74, 6) is 2.01. The van der Waals surface area contributed by atoms with Crippen molar-refractivity contribution < 1.29 is 0 Å². The fourth-order valence-electron chi connectivity index (χ4n) is 6.57. The molecule has 0 aliphatic heterocycles. The van der Waals surface area contributed by atoms with Gasteiger partial charge < -0.3 is 0 Å². The zero-order valence-electron chi connectivity index (χ0n) is 22.6. The Morgan fingerprint density at radius 2 is 0.786 bits per heavy atom. The normalized spacial score (nSPS) is 11.8. The summed E-state index contributed by atoms with van der Waals surface area (Å²) >= 11 is 0. The lowest BCUT2D eigenvalue weighted by Crippen LogP contribution is -2.00. The summed E-state index contributed by atoms with van der Waals surface area (Å²) < 4.78 is 0. The molecule has 0 atom stereocenters. The van der Waals surface area contributed by atoms with Gasteiger partial charge in [-0.05, 0) is 60.6 Å². The molecule has 3 heteroatoms. The van der Waals surface area contributed by atoms with Gasteiger partial charge in [0.15, 0.2) is 17.5 Å². The van der Waals surface area contributed by atoms with Crippen molar-refractivity contribution in [3.05, 3.63) is 140 Å². The second kappa shape index (κ2) is 8.92. The highest BCUT2D eigenvalue weighted by molar-refractivity contribution is 6.27. The number of hydrogen-bond donors (Lipinski definition) is 0. The zero-order chi connectivity index (χ0) is 27.6. The first-order chi connectivity index (χ1) is 20.8. The van der Waals surface area contributed by atoms with E-state index in [2.05, 4.69) is 78.9 Å². The maximum absolute atomic E-state index is 5.03. The molecule has 0 unspecified atom stereocenters. The highest BCUT2D eigenvalue weighted by atomic mass is 15.0. The third kappa shape index (κ3) is 3.37. The van der Waals surface area contributed by atoms with Crippen molar-refractivity contribution in [1.82, 2.24) is 15.0 Å². The fourth-order valence-corrected chi connectivity index (χ4v) is 6.57. The number of rotatable bonds is 3. The molecule has 0 bridgehead atoms. The van der Waals surface area contributed by atoms with Crippen LogP contribution < -0.4 is 0 Å². The molecule has 3 nitrogen and oxygen atoms in total. The van der Waals surface area contributed by atoms with Gasteiger partial charge in [-0.1, -0.05) is 133 Å². The van der Waals surface area contributed by atoms with E-state index in [0.29, 0.717) is 17.5 Å². The van der Waals surface area contributed by atoms with Gasteiger partial charge in [0, 0.05) is 16.7 Å². The predicted molar refractivity (Wildman–Crippen MR) is 173 cm³/mol. The Bertz CT molecular complexity index is 2280. The smallest absolute Gasteiger partial charge is 0.164 e. The van der Waals surface area contributed by atoms with E-state index in [-0.39, 0.29) is 0 Å². The van der Waals surface area contributed by atoms with Crippen LogP contribution in [-0.2, 0) is 0 Å². The highest BCUT2D eigenvalue weighted by Gasteiger charge is 2.23. The van der Waals surface area contributed by atoms with Gasteiger partial charge in [0.25, 0.3) is 0 Å². The molecule has 0 saturated carbocycles. The van der Waals surface area contributed by atoms with Crippen LogP contribution in [0.5, 0.6) is 0 Å². The minimum Gasteiger partial charge on any atom is -0.208 e. The van der Waals surface area contributed by atoms with E-state index in [1.54, 1.807) is 0 Å². The van der Waals surface area contributed by atoms with Gasteiger partial charge in [0.05, 0.1) is 0 Å². The number of aromatic nitrogens is 3. The molecule has 0 N–H and O–H groups in total. The molecule has 8 aromatic rings. The molecule has 194 valence electrons. The summed E-state index contributed by atoms with van der Waals surface area (Å²) in [6.07, 6.45) is 0. The van der Waals surface area contributed by atoms with Crippen LogP contribution in [0.15, 0.2) is 140 Å². The SMILES string of the molecule is c1ccc(-c2nc(-c3ccccc3)nc(-c3cccc4c3ccc3c5cccc6c5c(cc43)-c3ccccc3-6)n2)cc1. The van der Waals surface area contributed by atoms with Crippen LogP contribution in [-0.4, -0.2) is 15.0 Å². The Kier molecular flexibility index (Phi) is 4.90. The first-order valence-corrected chi connectivity index (χ1v) is 14.2. The molecule has 1 aliphatic rings. The number of benzene rings is 7. The molecule has 0 radical (unpaired) electrons. The molecule has 0 amide bonds. The number of nitrogens with zero attached hydrogens (tertiary/aromatic N) is 3. The van der Waals surface area contributed by atoms with E-state index in [0.717, 1.165) is 22.1 Å². The van der Waals surface area contributed by atoms with Crippen molar-refractivity contribution in [2.24, 2.45) is 0 Å². The predicted octanol–water partition coefficient (Wildman–Crippen LogP) is 9.98. The van der Waals surface area contributed by atoms with Gasteiger partial charge >= 0.3 is 0 Å². The molecular weight excluding hydrogens is 510 g/mol. The summed E-state index contributed by atoms with van der Waals surface area (Å²) in [5, 5.41) is 7.47. The Balaban J connectivity index is 1.32. The van der Waals surface area contributed by atoms with E-state index >= 15 is 0 Å². The summed E-state index contributed by atoms with van der Waals surface area (Å²) in [4.78, 5) is 14.9. The van der Waals surface area contributed by atoms with Crippen LogP contribution in [0.1, 0.15) is 0 Å². The molecule has 0 fully saturated rings. The van der Waals surface area contributed by atoms with Gasteiger partial charge in [-0.2, -0.15) is 0 Å². The van der Waals surface area contributed by atoms with Crippen molar-refractivity contribution in [2.45, 2.75) is 0 Å². The van der Waals surface area contributed by atoms with Crippen LogP contribution in [0.3, 0.4) is 0 Å². The first kappa shape index (κ1) is 23.1. The number of fused-ring (bicyclic) bond motifs is 7. The van der Waals surface area contributed by atoms with E-state index in [4.69, 9.17) is 15.0 Å². The van der Waals surface area contributed by atoms with Crippen molar-refractivity contribution in [3.63, 3.8) is 0 Å². The van der Waals surface area contributed by atoms with E-state index in [1.807, 2.05) is 60.7 Å². The molecule has 42 heavy (non-hydrogen) atoms. The van der Waals surface area contributed by atoms with Crippen molar-refractivity contribution in [3.8, 4) is 56.4 Å². The summed E-state index contributed by atoms with van der Waals surface area (Å²) in [5.41, 5.74) is 8.17. The van der Waals surface area contributed by atoms with Gasteiger partial charge in [0.2, 0.25) is 0 Å². The van der Waals surface area contributed by atoms with Crippen LogP contribution in [0, 0.1) is 0 Å². The molecule has 1 aliphatic carbocycles. The summed E-state index contributed by atoms with van der Waals surface area (Å²) in [7, 11) is 0. The standard InChI is InChI=1S/C39H23N3/c1-3-11-24(12-4-1)37-40-38(25-13-5-2-6-14-25)42-39(41-37)33-20-9-17-27-29(33)21-22-30-32-19-10-18-31-26-15-7-8-16-28(26)35(36(31)32)23-34(27)30/h1-23H. The lowest BCUT2D eigenvalue weighted by Gasteiger charge is -2.13. The molecule has 0 saturated heterocycles. The highest BCUT2D eigenvalue weighted by Crippen LogP contribution is 2.50. The monoisotopic (exact) mass is 533 g/mol. The topological polar surface area (TPSA) is 38.7 Å². The second-order valence-corrected chi connectivity index (χ2v) is 10.8. The van der Waals surface area contributed by atoms with Crippen LogP contribution in [0.4, 0.5) is 0 Å². The van der Waals surface area contributed by atoms with Gasteiger partial charge in [-0.15, -0.1) is 0 Å². The molecule has 7 aromatic carbocycles. The van der Waals surface area contributed by atoms with Crippen LogP contribution in [0.25, 0.3) is 88.7 Å². The Labute approximate surface area is 242 Å². The summed E-state index contributed by atoms with van der Waals surface area (Å²) in [6, 6.07) is 49.1. The third-order valence-electron chi connectivity index (χ3n) is 8.46. The van der Waals surface area contributed by atoms with E-state index < -0.39 is 0 Å². The quantitative estimate of drug-likeness (QED) is 0.212. The van der Waals surface area contributed by atoms with Crippen LogP contribution in [0.2, 0.25) is 0 Å². The van der Waals surface area contributed by atoms with Crippen molar-refractivity contribution in [2.75, 3.05) is 0 Å². The average molecular weight is 534 g/mol. The molecule has 1 aromatic heterocycles. The minimum absolute atomic E-state index is 0.667. The average Bonchev–Trinajstić information content (AvgIpc) is 3.39. The Morgan fingerprint density at radius 3 is 1.48 bits per heavy atom. The van der Waals surface area contributed by atoms with E-state index in [1.165, 1.54) is 49.2 Å². The lowest BCUT2D eigenvalue weighted by molar-refractivity contribution is 1.08. The Hall–Kier alpha value is -5.67.